The summed E-state index contributed by atoms with van der Waals surface area (Å²) < 4.78 is 19.8. The normalized spacial score (nSPS) is 25.4. The molecule has 1 fully saturated rings. The van der Waals surface area contributed by atoms with E-state index in [1.165, 1.54) is 0 Å². The average Bonchev–Trinajstić information content (AvgIpc) is 3.16. The first-order chi connectivity index (χ1) is 14.9. The van der Waals surface area contributed by atoms with E-state index in [0.29, 0.717) is 30.5 Å². The van der Waals surface area contributed by atoms with Crippen LogP contribution in [-0.2, 0) is 4.74 Å². The Morgan fingerprint density at radius 1 is 1.42 bits per heavy atom. The maximum atomic E-state index is 14.5. The highest BCUT2D eigenvalue weighted by atomic mass is 35.5. The summed E-state index contributed by atoms with van der Waals surface area (Å²) in [6.45, 7) is 5.54. The number of amidine groups is 1. The molecule has 2 atom stereocenters. The van der Waals surface area contributed by atoms with Crippen molar-refractivity contribution < 1.29 is 13.9 Å². The number of likely N-dealkylation sites (tertiary alicyclic amines) is 1. The standard InChI is InChI=1S/C21H28ClFN6O2/c1-12(2)31-21(30)29-5-3-4-13(11-29)7-24-20-17(23)10-27-19(28-20)16-9-26-18-15(16)6-14(22)8-25-18/h6,8-9,12-13,18,24-26H,3-5,7,10-11H2,1-2H3,(H,27,28)/t13-,18?/m0/s1. The molecular weight excluding hydrogens is 423 g/mol. The molecule has 0 saturated carbocycles. The summed E-state index contributed by atoms with van der Waals surface area (Å²) in [5.41, 5.74) is 1.79. The van der Waals surface area contributed by atoms with Crippen molar-refractivity contribution in [3.63, 3.8) is 0 Å². The Balaban J connectivity index is 1.39. The summed E-state index contributed by atoms with van der Waals surface area (Å²) >= 11 is 6.13. The van der Waals surface area contributed by atoms with Crippen molar-refractivity contribution in [3.05, 3.63) is 46.3 Å². The summed E-state index contributed by atoms with van der Waals surface area (Å²) in [6.07, 6.45) is 6.79. The molecular formula is C21H28ClFN6O2. The number of dihydropyridines is 1. The predicted molar refractivity (Wildman–Crippen MR) is 118 cm³/mol. The lowest BCUT2D eigenvalue weighted by molar-refractivity contribution is 0.0627. The van der Waals surface area contributed by atoms with E-state index in [4.69, 9.17) is 16.3 Å². The maximum Gasteiger partial charge on any atom is 0.410 e. The van der Waals surface area contributed by atoms with E-state index in [-0.39, 0.29) is 42.5 Å². The molecule has 1 unspecified atom stereocenters. The second-order valence-corrected chi connectivity index (χ2v) is 8.72. The molecule has 4 N–H and O–H groups in total. The predicted octanol–water partition coefficient (Wildman–Crippen LogP) is 2.40. The fourth-order valence-electron chi connectivity index (χ4n) is 4.02. The SMILES string of the molecule is CC(C)OC(=O)N1CCC[C@@H](CNC2=C(F)CNC(C3=CNC4NC=C(Cl)C=C34)=N2)C1. The molecule has 0 radical (unpaired) electrons. The highest BCUT2D eigenvalue weighted by molar-refractivity contribution is 6.31. The molecule has 1 saturated heterocycles. The molecule has 1 amide bonds. The quantitative estimate of drug-likeness (QED) is 0.514. The van der Waals surface area contributed by atoms with Crippen LogP contribution in [0.3, 0.4) is 0 Å². The van der Waals surface area contributed by atoms with Gasteiger partial charge in [-0.25, -0.2) is 14.2 Å². The molecule has 4 rings (SSSR count). The van der Waals surface area contributed by atoms with Crippen LogP contribution in [0.1, 0.15) is 26.7 Å². The average molecular weight is 451 g/mol. The largest absolute Gasteiger partial charge is 0.447 e. The fraction of sp³-hybridized carbons (Fsp3) is 0.524. The molecule has 4 aliphatic rings. The number of amides is 1. The molecule has 0 aromatic rings. The molecule has 168 valence electrons. The topological polar surface area (TPSA) is 90.0 Å². The van der Waals surface area contributed by atoms with Gasteiger partial charge in [-0.1, -0.05) is 11.6 Å². The third kappa shape index (κ3) is 4.98. The van der Waals surface area contributed by atoms with E-state index < -0.39 is 0 Å². The Labute approximate surface area is 186 Å². The highest BCUT2D eigenvalue weighted by Crippen LogP contribution is 2.27. The van der Waals surface area contributed by atoms with E-state index in [9.17, 15) is 9.18 Å². The minimum Gasteiger partial charge on any atom is -0.447 e. The zero-order chi connectivity index (χ0) is 22.0. The number of hydrogen-bond donors (Lipinski definition) is 4. The first kappa shape index (κ1) is 21.5. The van der Waals surface area contributed by atoms with Crippen molar-refractivity contribution in [2.24, 2.45) is 10.9 Å². The number of piperidine rings is 1. The number of carbonyl (C=O) groups excluding carboxylic acids is 1. The second-order valence-electron chi connectivity index (χ2n) is 8.29. The van der Waals surface area contributed by atoms with Crippen LogP contribution < -0.4 is 21.3 Å². The number of rotatable bonds is 5. The number of nitrogens with zero attached hydrogens (tertiary/aromatic N) is 2. The van der Waals surface area contributed by atoms with Crippen molar-refractivity contribution in [2.45, 2.75) is 39.0 Å². The lowest BCUT2D eigenvalue weighted by atomic mass is 9.98. The molecule has 4 aliphatic heterocycles. The number of fused-ring (bicyclic) bond motifs is 1. The molecule has 8 nitrogen and oxygen atoms in total. The Bertz CT molecular complexity index is 894. The third-order valence-electron chi connectivity index (χ3n) is 5.52. The van der Waals surface area contributed by atoms with Crippen molar-refractivity contribution in [3.8, 4) is 0 Å². The van der Waals surface area contributed by atoms with E-state index in [0.717, 1.165) is 24.0 Å². The van der Waals surface area contributed by atoms with Crippen molar-refractivity contribution in [1.82, 2.24) is 26.2 Å². The molecule has 0 aromatic heterocycles. The van der Waals surface area contributed by atoms with E-state index in [1.54, 1.807) is 11.1 Å². The van der Waals surface area contributed by atoms with Crippen molar-refractivity contribution in [2.75, 3.05) is 26.2 Å². The second kappa shape index (κ2) is 9.21. The minimum absolute atomic E-state index is 0.0605. The molecule has 0 bridgehead atoms. The van der Waals surface area contributed by atoms with Crippen LogP contribution in [0.15, 0.2) is 51.3 Å². The van der Waals surface area contributed by atoms with Crippen LogP contribution in [0.5, 0.6) is 0 Å². The Hall–Kier alpha value is -2.68. The van der Waals surface area contributed by atoms with Crippen LogP contribution >= 0.6 is 11.6 Å². The number of halogens is 2. The molecule has 10 heteroatoms. The van der Waals surface area contributed by atoms with Gasteiger partial charge in [-0.3, -0.25) is 0 Å². The lowest BCUT2D eigenvalue weighted by Crippen LogP contribution is -2.44. The van der Waals surface area contributed by atoms with E-state index in [2.05, 4.69) is 26.3 Å². The van der Waals surface area contributed by atoms with Gasteiger partial charge in [0.25, 0.3) is 0 Å². The fourth-order valence-corrected chi connectivity index (χ4v) is 4.20. The summed E-state index contributed by atoms with van der Waals surface area (Å²) in [4.78, 5) is 18.4. The zero-order valence-corrected chi connectivity index (χ0v) is 18.4. The van der Waals surface area contributed by atoms with Gasteiger partial charge in [-0.15, -0.1) is 0 Å². The lowest BCUT2D eigenvalue weighted by Gasteiger charge is -2.33. The van der Waals surface area contributed by atoms with Crippen LogP contribution in [0.25, 0.3) is 0 Å². The van der Waals surface area contributed by atoms with Gasteiger partial charge in [0.2, 0.25) is 0 Å². The van der Waals surface area contributed by atoms with Gasteiger partial charge in [0, 0.05) is 43.2 Å². The number of ether oxygens (including phenoxy) is 1. The maximum absolute atomic E-state index is 14.5. The Morgan fingerprint density at radius 3 is 3.03 bits per heavy atom. The summed E-state index contributed by atoms with van der Waals surface area (Å²) in [7, 11) is 0. The van der Waals surface area contributed by atoms with Gasteiger partial charge in [-0.2, -0.15) is 0 Å². The summed E-state index contributed by atoms with van der Waals surface area (Å²) in [5.74, 6) is 0.677. The summed E-state index contributed by atoms with van der Waals surface area (Å²) in [5, 5.41) is 13.2. The number of nitrogens with one attached hydrogen (secondary N) is 4. The minimum atomic E-state index is -0.340. The highest BCUT2D eigenvalue weighted by Gasteiger charge is 2.30. The number of aliphatic imine (C=N–C) groups is 1. The van der Waals surface area contributed by atoms with Crippen LogP contribution in [0, 0.1) is 5.92 Å². The number of hydrogen-bond acceptors (Lipinski definition) is 7. The van der Waals surface area contributed by atoms with E-state index >= 15 is 0 Å². The molecule has 31 heavy (non-hydrogen) atoms. The smallest absolute Gasteiger partial charge is 0.410 e. The van der Waals surface area contributed by atoms with Crippen LogP contribution in [0.4, 0.5) is 9.18 Å². The Kier molecular flexibility index (Phi) is 6.41. The molecule has 0 spiro atoms. The van der Waals surface area contributed by atoms with E-state index in [1.807, 2.05) is 26.1 Å². The van der Waals surface area contributed by atoms with Gasteiger partial charge in [-0.05, 0) is 38.7 Å². The van der Waals surface area contributed by atoms with Crippen molar-refractivity contribution >= 4 is 23.5 Å². The number of allylic oxidation sites excluding steroid dienone is 2. The zero-order valence-electron chi connectivity index (χ0n) is 17.7. The van der Waals surface area contributed by atoms with Gasteiger partial charge < -0.3 is 30.9 Å². The molecule has 0 aliphatic carbocycles. The summed E-state index contributed by atoms with van der Waals surface area (Å²) in [6, 6.07) is 0. The van der Waals surface area contributed by atoms with Crippen LogP contribution in [0.2, 0.25) is 0 Å². The third-order valence-corrected chi connectivity index (χ3v) is 5.73. The van der Waals surface area contributed by atoms with Gasteiger partial charge in [0.05, 0.1) is 17.7 Å². The Morgan fingerprint density at radius 2 is 2.23 bits per heavy atom. The van der Waals surface area contributed by atoms with Gasteiger partial charge in [0.1, 0.15) is 12.0 Å². The first-order valence-electron chi connectivity index (χ1n) is 10.6. The monoisotopic (exact) mass is 450 g/mol. The van der Waals surface area contributed by atoms with Gasteiger partial charge >= 0.3 is 6.09 Å². The number of carbonyl (C=O) groups is 1. The van der Waals surface area contributed by atoms with Crippen molar-refractivity contribution in [1.29, 1.82) is 0 Å². The van der Waals surface area contributed by atoms with Gasteiger partial charge in [0.15, 0.2) is 11.6 Å². The first-order valence-corrected chi connectivity index (χ1v) is 11.0. The molecule has 4 heterocycles. The molecule has 0 aromatic carbocycles. The van der Waals surface area contributed by atoms with Crippen LogP contribution in [-0.4, -0.2) is 55.3 Å².